The summed E-state index contributed by atoms with van der Waals surface area (Å²) in [6.07, 6.45) is 7.59. The van der Waals surface area contributed by atoms with Gasteiger partial charge in [0.15, 0.2) is 17.5 Å². The maximum Gasteiger partial charge on any atom is 0.164 e. The number of aromatic nitrogens is 4. The second-order valence-electron chi connectivity index (χ2n) is 16.6. The third-order valence-electron chi connectivity index (χ3n) is 12.9. The second-order valence-corrected chi connectivity index (χ2v) is 16.6. The van der Waals surface area contributed by atoms with Crippen molar-refractivity contribution < 1.29 is 4.74 Å². The zero-order chi connectivity index (χ0) is 43.5. The number of hydrogen-bond donors (Lipinski definition) is 0. The Kier molecular flexibility index (Phi) is 9.02. The van der Waals surface area contributed by atoms with Gasteiger partial charge in [-0.3, -0.25) is 0 Å². The van der Waals surface area contributed by atoms with Crippen LogP contribution in [0.4, 0.5) is 0 Å². The molecule has 0 radical (unpaired) electrons. The van der Waals surface area contributed by atoms with Crippen molar-refractivity contribution in [3.8, 4) is 67.8 Å². The average Bonchev–Trinajstić information content (AvgIpc) is 3.67. The lowest BCUT2D eigenvalue weighted by Gasteiger charge is -2.39. The lowest BCUT2D eigenvalue weighted by molar-refractivity contribution is 0.436. The largest absolute Gasteiger partial charge is 0.457 e. The van der Waals surface area contributed by atoms with E-state index >= 15 is 0 Å². The summed E-state index contributed by atoms with van der Waals surface area (Å²) < 4.78 is 6.65. The van der Waals surface area contributed by atoms with Crippen LogP contribution in [-0.4, -0.2) is 19.9 Å². The predicted octanol–water partition coefficient (Wildman–Crippen LogP) is 14.9. The molecular formula is C60H40N4O. The SMILES string of the molecule is C=C/C=C\C=C(/C)c1nc(-c2ccccc2)nc(-c2cccc(-c3ccc4c(c3)nc(-c3ccccc3)c3ccc5c(c34)-c3ccccc3C53c4ccccc4Oc4ccccc43)c2)n1. The summed E-state index contributed by atoms with van der Waals surface area (Å²) in [6.45, 7) is 5.82. The molecular weight excluding hydrogens is 793 g/mol. The summed E-state index contributed by atoms with van der Waals surface area (Å²) in [5.74, 6) is 3.60. The fourth-order valence-electron chi connectivity index (χ4n) is 10.0. The van der Waals surface area contributed by atoms with Crippen LogP contribution in [0.2, 0.25) is 0 Å². The van der Waals surface area contributed by atoms with E-state index in [1.807, 2.05) is 55.5 Å². The first-order valence-electron chi connectivity index (χ1n) is 21.9. The first-order valence-corrected chi connectivity index (χ1v) is 21.9. The summed E-state index contributed by atoms with van der Waals surface area (Å²) >= 11 is 0. The van der Waals surface area contributed by atoms with E-state index in [1.54, 1.807) is 6.08 Å². The summed E-state index contributed by atoms with van der Waals surface area (Å²) in [4.78, 5) is 20.5. The highest BCUT2D eigenvalue weighted by molar-refractivity contribution is 6.20. The molecule has 2 aromatic heterocycles. The Bertz CT molecular complexity index is 3560. The molecule has 306 valence electrons. The minimum absolute atomic E-state index is 0.583. The quantitative estimate of drug-likeness (QED) is 0.118. The van der Waals surface area contributed by atoms with E-state index in [-0.39, 0.29) is 0 Å². The van der Waals surface area contributed by atoms with Gasteiger partial charge in [-0.2, -0.15) is 0 Å². The molecule has 0 fully saturated rings. The van der Waals surface area contributed by atoms with Gasteiger partial charge in [0.25, 0.3) is 0 Å². The van der Waals surface area contributed by atoms with E-state index < -0.39 is 5.41 Å². The van der Waals surface area contributed by atoms with Gasteiger partial charge in [-0.25, -0.2) is 19.9 Å². The van der Waals surface area contributed by atoms with E-state index in [4.69, 9.17) is 24.7 Å². The molecule has 0 unspecified atom stereocenters. The van der Waals surface area contributed by atoms with E-state index in [0.29, 0.717) is 17.5 Å². The van der Waals surface area contributed by atoms with Crippen LogP contribution >= 0.6 is 0 Å². The van der Waals surface area contributed by atoms with Crippen molar-refractivity contribution in [2.45, 2.75) is 12.3 Å². The van der Waals surface area contributed by atoms with Gasteiger partial charge in [0.05, 0.1) is 16.6 Å². The Morgan fingerprint density at radius 3 is 1.83 bits per heavy atom. The van der Waals surface area contributed by atoms with Gasteiger partial charge in [0.2, 0.25) is 0 Å². The minimum Gasteiger partial charge on any atom is -0.457 e. The predicted molar refractivity (Wildman–Crippen MR) is 265 cm³/mol. The molecule has 1 aliphatic heterocycles. The van der Waals surface area contributed by atoms with Crippen LogP contribution in [0.3, 0.4) is 0 Å². The molecule has 10 aromatic rings. The molecule has 2 aliphatic rings. The molecule has 0 N–H and O–H groups in total. The highest BCUT2D eigenvalue weighted by Gasteiger charge is 2.51. The van der Waals surface area contributed by atoms with Crippen LogP contribution in [0.25, 0.3) is 83.5 Å². The Morgan fingerprint density at radius 2 is 1.09 bits per heavy atom. The molecule has 1 spiro atoms. The van der Waals surface area contributed by atoms with Crippen LogP contribution in [-0.2, 0) is 5.41 Å². The lowest BCUT2D eigenvalue weighted by Crippen LogP contribution is -2.32. The first kappa shape index (κ1) is 38.2. The number of para-hydroxylation sites is 2. The van der Waals surface area contributed by atoms with Crippen molar-refractivity contribution in [3.05, 3.63) is 247 Å². The zero-order valence-corrected chi connectivity index (χ0v) is 35.6. The summed E-state index contributed by atoms with van der Waals surface area (Å²) in [5, 5.41) is 3.40. The monoisotopic (exact) mass is 832 g/mol. The Balaban J connectivity index is 1.08. The first-order chi connectivity index (χ1) is 32.1. The molecule has 0 bridgehead atoms. The van der Waals surface area contributed by atoms with Crippen molar-refractivity contribution in [1.82, 2.24) is 19.9 Å². The van der Waals surface area contributed by atoms with Gasteiger partial charge in [-0.1, -0.05) is 195 Å². The van der Waals surface area contributed by atoms with Gasteiger partial charge < -0.3 is 4.74 Å². The highest BCUT2D eigenvalue weighted by Crippen LogP contribution is 2.63. The summed E-state index contributed by atoms with van der Waals surface area (Å²) in [6, 6.07) is 66.5. The van der Waals surface area contributed by atoms with Gasteiger partial charge in [0, 0.05) is 44.0 Å². The number of nitrogens with zero attached hydrogens (tertiary/aromatic N) is 4. The molecule has 0 amide bonds. The summed E-state index contributed by atoms with van der Waals surface area (Å²) in [7, 11) is 0. The van der Waals surface area contributed by atoms with Crippen molar-refractivity contribution in [2.24, 2.45) is 0 Å². The lowest BCUT2D eigenvalue weighted by atomic mass is 9.66. The average molecular weight is 833 g/mol. The van der Waals surface area contributed by atoms with Crippen LogP contribution in [0.15, 0.2) is 219 Å². The standard InChI is InChI=1S/C60H40N4O/c1-3-4-7-19-38(2)57-62-58(40-22-10-6-11-23-40)64-59(63-57)43-25-18-24-41(36-43)42-32-33-45-51(37-42)61-56(39-20-8-5-9-21-39)46-34-35-50-55(54(45)46)44-26-12-13-27-47(44)60(50)48-28-14-16-30-52(48)65-53-31-17-15-29-49(53)60/h3-37H,1H2,2H3/b7-4-,38-19+. The third kappa shape index (κ3) is 6.08. The topological polar surface area (TPSA) is 60.8 Å². The Hall–Kier alpha value is -8.54. The zero-order valence-electron chi connectivity index (χ0n) is 35.6. The second kappa shape index (κ2) is 15.4. The van der Waals surface area contributed by atoms with Gasteiger partial charge in [0.1, 0.15) is 11.5 Å². The van der Waals surface area contributed by atoms with Gasteiger partial charge in [-0.15, -0.1) is 0 Å². The highest BCUT2D eigenvalue weighted by atomic mass is 16.5. The number of allylic oxidation sites excluding steroid dienone is 5. The van der Waals surface area contributed by atoms with Crippen molar-refractivity contribution in [1.29, 1.82) is 0 Å². The number of pyridine rings is 1. The number of benzene rings is 8. The summed E-state index contributed by atoms with van der Waals surface area (Å²) in [5.41, 5.74) is 14.4. The molecule has 12 rings (SSSR count). The molecule has 0 saturated heterocycles. The fourth-order valence-corrected chi connectivity index (χ4v) is 10.0. The molecule has 5 heteroatoms. The number of fused-ring (bicyclic) bond motifs is 13. The molecule has 8 aromatic carbocycles. The van der Waals surface area contributed by atoms with Crippen molar-refractivity contribution >= 4 is 27.2 Å². The van der Waals surface area contributed by atoms with Crippen molar-refractivity contribution in [3.63, 3.8) is 0 Å². The van der Waals surface area contributed by atoms with Crippen LogP contribution in [0.5, 0.6) is 11.5 Å². The maximum atomic E-state index is 6.65. The number of rotatable bonds is 7. The molecule has 1 aliphatic carbocycles. The fraction of sp³-hybridized carbons (Fsp3) is 0.0333. The van der Waals surface area contributed by atoms with Crippen molar-refractivity contribution in [2.75, 3.05) is 0 Å². The Morgan fingerprint density at radius 1 is 0.492 bits per heavy atom. The molecule has 3 heterocycles. The Labute approximate surface area is 377 Å². The van der Waals surface area contributed by atoms with E-state index in [2.05, 4.69) is 164 Å². The van der Waals surface area contributed by atoms with E-state index in [1.165, 1.54) is 27.6 Å². The van der Waals surface area contributed by atoms with Crippen LogP contribution in [0.1, 0.15) is 35.0 Å². The minimum atomic E-state index is -0.583. The molecule has 5 nitrogen and oxygen atoms in total. The third-order valence-corrected chi connectivity index (χ3v) is 12.9. The van der Waals surface area contributed by atoms with Gasteiger partial charge >= 0.3 is 0 Å². The smallest absolute Gasteiger partial charge is 0.164 e. The van der Waals surface area contributed by atoms with Crippen LogP contribution < -0.4 is 4.74 Å². The molecule has 0 atom stereocenters. The normalized spacial score (nSPS) is 13.3. The molecule has 65 heavy (non-hydrogen) atoms. The number of ether oxygens (including phenoxy) is 1. The number of hydrogen-bond acceptors (Lipinski definition) is 5. The maximum absolute atomic E-state index is 6.65. The van der Waals surface area contributed by atoms with Crippen LogP contribution in [0, 0.1) is 0 Å². The van der Waals surface area contributed by atoms with Gasteiger partial charge in [-0.05, 0) is 70.1 Å². The van der Waals surface area contributed by atoms with E-state index in [9.17, 15) is 0 Å². The molecule has 0 saturated carbocycles. The van der Waals surface area contributed by atoms with E-state index in [0.717, 1.165) is 78.0 Å².